The van der Waals surface area contributed by atoms with Gasteiger partial charge in [0.2, 0.25) is 0 Å². The molecule has 3 heteroatoms. The molecule has 2 rings (SSSR count). The summed E-state index contributed by atoms with van der Waals surface area (Å²) in [4.78, 5) is 2.38. The van der Waals surface area contributed by atoms with Crippen LogP contribution in [0.1, 0.15) is 18.4 Å². The fourth-order valence-corrected chi connectivity index (χ4v) is 2.57. The predicted molar refractivity (Wildman–Crippen MR) is 79.8 cm³/mol. The molecule has 1 aliphatic heterocycles. The van der Waals surface area contributed by atoms with Gasteiger partial charge in [0, 0.05) is 13.1 Å². The number of piperidine rings is 1. The first-order valence-corrected chi connectivity index (χ1v) is 7.33. The molecule has 0 spiro atoms. The van der Waals surface area contributed by atoms with Crippen molar-refractivity contribution in [1.29, 1.82) is 0 Å². The minimum Gasteiger partial charge on any atom is -0.492 e. The number of aryl methyl sites for hydroxylation is 1. The molecule has 0 aromatic heterocycles. The van der Waals surface area contributed by atoms with Gasteiger partial charge in [0.1, 0.15) is 12.4 Å². The van der Waals surface area contributed by atoms with E-state index in [1.165, 1.54) is 38.0 Å². The van der Waals surface area contributed by atoms with E-state index in [2.05, 4.69) is 36.3 Å². The van der Waals surface area contributed by atoms with Gasteiger partial charge in [0.25, 0.3) is 0 Å². The van der Waals surface area contributed by atoms with E-state index in [0.717, 1.165) is 24.8 Å². The van der Waals surface area contributed by atoms with Crippen molar-refractivity contribution in [2.24, 2.45) is 5.92 Å². The largest absolute Gasteiger partial charge is 0.492 e. The average molecular weight is 262 g/mol. The van der Waals surface area contributed by atoms with E-state index in [1.807, 2.05) is 12.1 Å². The SMILES string of the molecule is Cc1ccc(OCCN(C)CC2CCCNC2)cc1. The number of likely N-dealkylation sites (N-methyl/N-ethyl adjacent to an activating group) is 1. The summed E-state index contributed by atoms with van der Waals surface area (Å²) in [5.41, 5.74) is 1.27. The Bertz CT molecular complexity index is 358. The number of ether oxygens (including phenoxy) is 1. The van der Waals surface area contributed by atoms with Crippen molar-refractivity contribution in [2.45, 2.75) is 19.8 Å². The maximum Gasteiger partial charge on any atom is 0.119 e. The van der Waals surface area contributed by atoms with Crippen LogP contribution in [0.4, 0.5) is 0 Å². The van der Waals surface area contributed by atoms with Crippen LogP contribution in [0.25, 0.3) is 0 Å². The van der Waals surface area contributed by atoms with E-state index < -0.39 is 0 Å². The van der Waals surface area contributed by atoms with Gasteiger partial charge in [-0.15, -0.1) is 0 Å². The minimum absolute atomic E-state index is 0.764. The van der Waals surface area contributed by atoms with Crippen LogP contribution in [0.15, 0.2) is 24.3 Å². The van der Waals surface area contributed by atoms with Crippen LogP contribution in [-0.4, -0.2) is 44.7 Å². The maximum absolute atomic E-state index is 5.76. The lowest BCUT2D eigenvalue weighted by Gasteiger charge is -2.27. The van der Waals surface area contributed by atoms with Gasteiger partial charge in [-0.25, -0.2) is 0 Å². The summed E-state index contributed by atoms with van der Waals surface area (Å²) < 4.78 is 5.76. The zero-order chi connectivity index (χ0) is 13.5. The van der Waals surface area contributed by atoms with Gasteiger partial charge in [-0.1, -0.05) is 17.7 Å². The third-order valence-electron chi connectivity index (χ3n) is 3.73. The molecule has 0 saturated carbocycles. The lowest BCUT2D eigenvalue weighted by molar-refractivity contribution is 0.201. The Kier molecular flexibility index (Phi) is 5.67. The summed E-state index contributed by atoms with van der Waals surface area (Å²) in [5, 5.41) is 3.47. The van der Waals surface area contributed by atoms with E-state index in [9.17, 15) is 0 Å². The molecule has 0 radical (unpaired) electrons. The Labute approximate surface area is 116 Å². The summed E-state index contributed by atoms with van der Waals surface area (Å²) in [6, 6.07) is 8.26. The van der Waals surface area contributed by atoms with Crippen LogP contribution < -0.4 is 10.1 Å². The van der Waals surface area contributed by atoms with Crippen molar-refractivity contribution >= 4 is 0 Å². The monoisotopic (exact) mass is 262 g/mol. The normalized spacial score (nSPS) is 19.6. The fraction of sp³-hybridized carbons (Fsp3) is 0.625. The highest BCUT2D eigenvalue weighted by Gasteiger charge is 2.14. The Balaban J connectivity index is 1.63. The summed E-state index contributed by atoms with van der Waals surface area (Å²) >= 11 is 0. The van der Waals surface area contributed by atoms with Gasteiger partial charge in [-0.3, -0.25) is 0 Å². The molecule has 1 fully saturated rings. The molecule has 19 heavy (non-hydrogen) atoms. The summed E-state index contributed by atoms with van der Waals surface area (Å²) in [7, 11) is 2.19. The third-order valence-corrected chi connectivity index (χ3v) is 3.73. The molecule has 0 bridgehead atoms. The highest BCUT2D eigenvalue weighted by Crippen LogP contribution is 2.12. The van der Waals surface area contributed by atoms with Crippen molar-refractivity contribution in [3.05, 3.63) is 29.8 Å². The second-order valence-corrected chi connectivity index (χ2v) is 5.64. The molecule has 0 aliphatic carbocycles. The molecule has 1 aromatic rings. The number of rotatable bonds is 6. The van der Waals surface area contributed by atoms with E-state index in [0.29, 0.717) is 0 Å². The van der Waals surface area contributed by atoms with Crippen LogP contribution in [0.5, 0.6) is 5.75 Å². The van der Waals surface area contributed by atoms with E-state index in [4.69, 9.17) is 4.74 Å². The smallest absolute Gasteiger partial charge is 0.119 e. The van der Waals surface area contributed by atoms with Crippen molar-refractivity contribution in [2.75, 3.05) is 39.8 Å². The molecule has 106 valence electrons. The number of nitrogens with zero attached hydrogens (tertiary/aromatic N) is 1. The summed E-state index contributed by atoms with van der Waals surface area (Å²) in [6.45, 7) is 7.38. The maximum atomic E-state index is 5.76. The zero-order valence-electron chi connectivity index (χ0n) is 12.2. The molecule has 1 saturated heterocycles. The first kappa shape index (κ1) is 14.4. The standard InChI is InChI=1S/C16H26N2O/c1-14-5-7-16(8-6-14)19-11-10-18(2)13-15-4-3-9-17-12-15/h5-8,15,17H,3-4,9-13H2,1-2H3. The molecule has 1 unspecified atom stereocenters. The Morgan fingerprint density at radius 3 is 2.79 bits per heavy atom. The van der Waals surface area contributed by atoms with Crippen molar-refractivity contribution in [1.82, 2.24) is 10.2 Å². The topological polar surface area (TPSA) is 24.5 Å². The molecule has 1 heterocycles. The van der Waals surface area contributed by atoms with E-state index in [1.54, 1.807) is 0 Å². The van der Waals surface area contributed by atoms with Gasteiger partial charge in [-0.2, -0.15) is 0 Å². The Hall–Kier alpha value is -1.06. The average Bonchev–Trinajstić information content (AvgIpc) is 2.42. The third kappa shape index (κ3) is 5.21. The van der Waals surface area contributed by atoms with Crippen LogP contribution >= 0.6 is 0 Å². The van der Waals surface area contributed by atoms with Gasteiger partial charge in [0.15, 0.2) is 0 Å². The Morgan fingerprint density at radius 1 is 1.32 bits per heavy atom. The number of nitrogens with one attached hydrogen (secondary N) is 1. The first-order chi connectivity index (χ1) is 9.24. The van der Waals surface area contributed by atoms with Gasteiger partial charge in [-0.05, 0) is 58.0 Å². The van der Waals surface area contributed by atoms with Crippen LogP contribution in [0.3, 0.4) is 0 Å². The quantitative estimate of drug-likeness (QED) is 0.851. The lowest BCUT2D eigenvalue weighted by Crippen LogP contribution is -2.38. The number of hydrogen-bond acceptors (Lipinski definition) is 3. The molecule has 1 N–H and O–H groups in total. The summed E-state index contributed by atoms with van der Waals surface area (Å²) in [5.74, 6) is 1.77. The van der Waals surface area contributed by atoms with Crippen molar-refractivity contribution < 1.29 is 4.74 Å². The molecule has 0 amide bonds. The highest BCUT2D eigenvalue weighted by molar-refractivity contribution is 5.26. The second-order valence-electron chi connectivity index (χ2n) is 5.64. The van der Waals surface area contributed by atoms with Crippen LogP contribution in [0.2, 0.25) is 0 Å². The van der Waals surface area contributed by atoms with E-state index >= 15 is 0 Å². The van der Waals surface area contributed by atoms with Gasteiger partial charge >= 0.3 is 0 Å². The molecular weight excluding hydrogens is 236 g/mol. The number of hydrogen-bond donors (Lipinski definition) is 1. The van der Waals surface area contributed by atoms with Gasteiger partial charge in [0.05, 0.1) is 0 Å². The minimum atomic E-state index is 0.764. The van der Waals surface area contributed by atoms with E-state index in [-0.39, 0.29) is 0 Å². The molecule has 1 aromatic carbocycles. The fourth-order valence-electron chi connectivity index (χ4n) is 2.57. The number of benzene rings is 1. The highest BCUT2D eigenvalue weighted by atomic mass is 16.5. The Morgan fingerprint density at radius 2 is 2.11 bits per heavy atom. The van der Waals surface area contributed by atoms with Crippen LogP contribution in [-0.2, 0) is 0 Å². The summed E-state index contributed by atoms with van der Waals surface area (Å²) in [6.07, 6.45) is 2.68. The second kappa shape index (κ2) is 7.51. The predicted octanol–water partition coefficient (Wildman–Crippen LogP) is 2.31. The van der Waals surface area contributed by atoms with Gasteiger partial charge < -0.3 is 15.0 Å². The molecule has 3 nitrogen and oxygen atoms in total. The zero-order valence-corrected chi connectivity index (χ0v) is 12.2. The van der Waals surface area contributed by atoms with Crippen LogP contribution in [0, 0.1) is 12.8 Å². The van der Waals surface area contributed by atoms with Crippen molar-refractivity contribution in [3.8, 4) is 5.75 Å². The first-order valence-electron chi connectivity index (χ1n) is 7.33. The lowest BCUT2D eigenvalue weighted by atomic mass is 9.99. The molecular formula is C16H26N2O. The molecule has 1 aliphatic rings. The molecule has 1 atom stereocenters. The van der Waals surface area contributed by atoms with Crippen molar-refractivity contribution in [3.63, 3.8) is 0 Å².